The molecule has 0 aromatic rings. The Kier molecular flexibility index (Phi) is 8.66. The van der Waals surface area contributed by atoms with Gasteiger partial charge in [-0.2, -0.15) is 0 Å². The van der Waals surface area contributed by atoms with Crippen LogP contribution in [0, 0.1) is 0 Å². The van der Waals surface area contributed by atoms with Crippen LogP contribution in [0.3, 0.4) is 0 Å². The Morgan fingerprint density at radius 1 is 1.38 bits per heavy atom. The molecule has 90 valence electrons. The van der Waals surface area contributed by atoms with Gasteiger partial charge in [0.05, 0.1) is 19.6 Å². The molecule has 0 aromatic heterocycles. The second kappa shape index (κ2) is 9.75. The molecule has 0 spiro atoms. The van der Waals surface area contributed by atoms with Crippen LogP contribution in [0.15, 0.2) is 5.11 Å². The lowest BCUT2D eigenvalue weighted by Crippen LogP contribution is -2.27. The van der Waals surface area contributed by atoms with Gasteiger partial charge in [-0.1, -0.05) is 5.11 Å². The highest BCUT2D eigenvalue weighted by Crippen LogP contribution is 1.87. The summed E-state index contributed by atoms with van der Waals surface area (Å²) >= 11 is 0. The molecule has 16 heavy (non-hydrogen) atoms. The fourth-order valence-electron chi connectivity index (χ4n) is 0.824. The molecule has 0 radical (unpaired) electrons. The number of nitrogens with one attached hydrogen (secondary N) is 1. The zero-order valence-corrected chi connectivity index (χ0v) is 8.76. The van der Waals surface area contributed by atoms with Crippen LogP contribution in [0.25, 0.3) is 10.4 Å². The van der Waals surface area contributed by atoms with Crippen molar-refractivity contribution in [3.05, 3.63) is 10.4 Å². The summed E-state index contributed by atoms with van der Waals surface area (Å²) in [7, 11) is 0. The Morgan fingerprint density at radius 2 is 2.12 bits per heavy atom. The molecule has 0 heterocycles. The van der Waals surface area contributed by atoms with E-state index in [-0.39, 0.29) is 25.3 Å². The van der Waals surface area contributed by atoms with Crippen LogP contribution >= 0.6 is 0 Å². The smallest absolute Gasteiger partial charge is 0.303 e. The number of nitrogens with zero attached hydrogens (tertiary/aromatic N) is 3. The molecule has 8 heteroatoms. The van der Waals surface area contributed by atoms with Gasteiger partial charge in [-0.3, -0.25) is 9.59 Å². The predicted molar refractivity (Wildman–Crippen MR) is 54.7 cm³/mol. The molecule has 0 bridgehead atoms. The van der Waals surface area contributed by atoms with Gasteiger partial charge < -0.3 is 15.2 Å². The number of amides is 1. The maximum absolute atomic E-state index is 11.0. The quantitative estimate of drug-likeness (QED) is 0.255. The third-order valence-electron chi connectivity index (χ3n) is 1.53. The molecule has 8 nitrogen and oxygen atoms in total. The van der Waals surface area contributed by atoms with Crippen molar-refractivity contribution in [3.8, 4) is 0 Å². The van der Waals surface area contributed by atoms with Crippen molar-refractivity contribution < 1.29 is 19.4 Å². The highest BCUT2D eigenvalue weighted by atomic mass is 16.5. The molecule has 0 aliphatic rings. The Bertz CT molecular complexity index is 275. The number of hydrogen-bond donors (Lipinski definition) is 2. The van der Waals surface area contributed by atoms with Crippen molar-refractivity contribution in [1.82, 2.24) is 5.32 Å². The molecule has 0 saturated heterocycles. The monoisotopic (exact) mass is 230 g/mol. The van der Waals surface area contributed by atoms with E-state index in [0.717, 1.165) is 0 Å². The van der Waals surface area contributed by atoms with Crippen LogP contribution in [0.4, 0.5) is 0 Å². The molecular weight excluding hydrogens is 216 g/mol. The molecular formula is C8H14N4O4. The minimum absolute atomic E-state index is 0.0337. The number of azide groups is 1. The second-order valence-electron chi connectivity index (χ2n) is 2.81. The molecule has 0 unspecified atom stereocenters. The number of rotatable bonds is 9. The van der Waals surface area contributed by atoms with Crippen molar-refractivity contribution in [2.24, 2.45) is 5.11 Å². The topological polar surface area (TPSA) is 124 Å². The van der Waals surface area contributed by atoms with E-state index in [1.807, 2.05) is 0 Å². The number of carboxylic acid groups (broad SMARTS) is 1. The largest absolute Gasteiger partial charge is 0.481 e. The first-order chi connectivity index (χ1) is 7.66. The van der Waals surface area contributed by atoms with Crippen molar-refractivity contribution in [1.29, 1.82) is 0 Å². The lowest BCUT2D eigenvalue weighted by molar-refractivity contribution is -0.138. The Morgan fingerprint density at radius 3 is 2.75 bits per heavy atom. The maximum atomic E-state index is 11.0. The number of aliphatic carboxylic acids is 1. The first-order valence-corrected chi connectivity index (χ1v) is 4.74. The number of carbonyl (C=O) groups excluding carboxylic acids is 1. The minimum Gasteiger partial charge on any atom is -0.481 e. The fourth-order valence-corrected chi connectivity index (χ4v) is 0.824. The van der Waals surface area contributed by atoms with E-state index >= 15 is 0 Å². The van der Waals surface area contributed by atoms with E-state index in [4.69, 9.17) is 15.4 Å². The molecule has 1 amide bonds. The number of carboxylic acids is 1. The first-order valence-electron chi connectivity index (χ1n) is 4.74. The summed E-state index contributed by atoms with van der Waals surface area (Å²) in [5.74, 6) is -1.32. The SMILES string of the molecule is [N-]=[N+]=NCCOCCNC(=O)CCC(=O)O. The summed E-state index contributed by atoms with van der Waals surface area (Å²) in [5, 5.41) is 14.1. The number of ether oxygens (including phenoxy) is 1. The Hall–Kier alpha value is -1.79. The number of hydrogen-bond acceptors (Lipinski definition) is 4. The average molecular weight is 230 g/mol. The van der Waals surface area contributed by atoms with Gasteiger partial charge in [-0.25, -0.2) is 0 Å². The van der Waals surface area contributed by atoms with E-state index in [1.165, 1.54) is 0 Å². The van der Waals surface area contributed by atoms with Gasteiger partial charge in [0.2, 0.25) is 5.91 Å². The third kappa shape index (κ3) is 10.3. The normalized spacial score (nSPS) is 9.25. The zero-order chi connectivity index (χ0) is 12.2. The third-order valence-corrected chi connectivity index (χ3v) is 1.53. The number of carbonyl (C=O) groups is 2. The molecule has 0 aliphatic carbocycles. The fraction of sp³-hybridized carbons (Fsp3) is 0.750. The van der Waals surface area contributed by atoms with Crippen LogP contribution in [-0.2, 0) is 14.3 Å². The van der Waals surface area contributed by atoms with Gasteiger partial charge in [0, 0.05) is 24.4 Å². The Balaban J connectivity index is 3.27. The molecule has 0 rings (SSSR count). The van der Waals surface area contributed by atoms with Gasteiger partial charge in [0.25, 0.3) is 0 Å². The molecule has 0 fully saturated rings. The molecule has 0 saturated carbocycles. The van der Waals surface area contributed by atoms with E-state index in [2.05, 4.69) is 15.3 Å². The molecule has 0 atom stereocenters. The average Bonchev–Trinajstić information content (AvgIpc) is 2.25. The van der Waals surface area contributed by atoms with Crippen LogP contribution in [0.5, 0.6) is 0 Å². The van der Waals surface area contributed by atoms with Crippen LogP contribution < -0.4 is 5.32 Å². The lowest BCUT2D eigenvalue weighted by atomic mass is 10.3. The van der Waals surface area contributed by atoms with Crippen molar-refractivity contribution in [3.63, 3.8) is 0 Å². The summed E-state index contributed by atoms with van der Waals surface area (Å²) in [5.41, 5.74) is 7.94. The van der Waals surface area contributed by atoms with Crippen LogP contribution in [0.1, 0.15) is 12.8 Å². The van der Waals surface area contributed by atoms with E-state index < -0.39 is 5.97 Å². The van der Waals surface area contributed by atoms with Crippen molar-refractivity contribution in [2.75, 3.05) is 26.3 Å². The van der Waals surface area contributed by atoms with Gasteiger partial charge in [-0.15, -0.1) is 0 Å². The van der Waals surface area contributed by atoms with Gasteiger partial charge in [-0.05, 0) is 5.53 Å². The summed E-state index contributed by atoms with van der Waals surface area (Å²) in [6.07, 6.45) is -0.211. The van der Waals surface area contributed by atoms with Gasteiger partial charge in [0.15, 0.2) is 0 Å². The summed E-state index contributed by atoms with van der Waals surface area (Å²) in [6.45, 7) is 1.17. The molecule has 0 aliphatic heterocycles. The summed E-state index contributed by atoms with van der Waals surface area (Å²) in [4.78, 5) is 23.7. The minimum atomic E-state index is -0.999. The highest BCUT2D eigenvalue weighted by molar-refractivity contribution is 5.80. The van der Waals surface area contributed by atoms with Gasteiger partial charge in [0.1, 0.15) is 0 Å². The zero-order valence-electron chi connectivity index (χ0n) is 8.76. The lowest BCUT2D eigenvalue weighted by Gasteiger charge is -2.04. The standard InChI is InChI=1S/C8H14N4O4/c9-12-11-4-6-16-5-3-10-7(13)1-2-8(14)15/h1-6H2,(H,10,13)(H,14,15). The van der Waals surface area contributed by atoms with Crippen LogP contribution in [0.2, 0.25) is 0 Å². The van der Waals surface area contributed by atoms with Crippen molar-refractivity contribution >= 4 is 11.9 Å². The summed E-state index contributed by atoms with van der Waals surface area (Å²) in [6, 6.07) is 0. The van der Waals surface area contributed by atoms with Gasteiger partial charge >= 0.3 is 5.97 Å². The van der Waals surface area contributed by atoms with Crippen molar-refractivity contribution in [2.45, 2.75) is 12.8 Å². The molecule has 2 N–H and O–H groups in total. The van der Waals surface area contributed by atoms with E-state index in [9.17, 15) is 9.59 Å². The maximum Gasteiger partial charge on any atom is 0.303 e. The van der Waals surface area contributed by atoms with E-state index in [1.54, 1.807) is 0 Å². The predicted octanol–water partition coefficient (Wildman–Crippen LogP) is 0.294. The first kappa shape index (κ1) is 14.2. The van der Waals surface area contributed by atoms with E-state index in [0.29, 0.717) is 19.8 Å². The Labute approximate surface area is 92.2 Å². The summed E-state index contributed by atoms with van der Waals surface area (Å²) < 4.78 is 5.02. The van der Waals surface area contributed by atoms with Crippen LogP contribution in [-0.4, -0.2) is 43.3 Å². The second-order valence-corrected chi connectivity index (χ2v) is 2.81. The highest BCUT2D eigenvalue weighted by Gasteiger charge is 2.03. The molecule has 0 aromatic carbocycles.